The van der Waals surface area contributed by atoms with Gasteiger partial charge in [-0.2, -0.15) is 0 Å². The number of carbonyl (C=O) groups excluding carboxylic acids is 1. The number of allylic oxidation sites excluding steroid dienone is 1. The third kappa shape index (κ3) is 3.59. The standard InChI is InChI=1S/C22H23Cl2NO2/c1-5-7-15(14-10-11-17(23)18(24)12-14)22(4)16-8-6-9-19(27-13(2)3)20(16)21(26)25-22/h5-6,8-13,15H,1,7H2,2-4H3,(H,25,26). The lowest BCUT2D eigenvalue weighted by atomic mass is 9.74. The van der Waals surface area contributed by atoms with Gasteiger partial charge in [0.15, 0.2) is 0 Å². The highest BCUT2D eigenvalue weighted by atomic mass is 35.5. The fraction of sp³-hybridized carbons (Fsp3) is 0.318. The molecule has 0 aromatic heterocycles. The molecule has 2 unspecified atom stereocenters. The quantitative estimate of drug-likeness (QED) is 0.591. The van der Waals surface area contributed by atoms with Crippen LogP contribution in [0.15, 0.2) is 49.1 Å². The van der Waals surface area contributed by atoms with E-state index in [-0.39, 0.29) is 17.9 Å². The van der Waals surface area contributed by atoms with E-state index in [9.17, 15) is 4.79 Å². The van der Waals surface area contributed by atoms with E-state index in [1.165, 1.54) is 0 Å². The molecule has 1 heterocycles. The number of benzene rings is 2. The minimum atomic E-state index is -0.617. The third-order valence-electron chi connectivity index (χ3n) is 4.99. The summed E-state index contributed by atoms with van der Waals surface area (Å²) in [7, 11) is 0. The smallest absolute Gasteiger partial charge is 0.256 e. The van der Waals surface area contributed by atoms with Crippen LogP contribution >= 0.6 is 23.2 Å². The highest BCUT2D eigenvalue weighted by Crippen LogP contribution is 2.47. The second-order valence-corrected chi connectivity index (χ2v) is 8.07. The number of fused-ring (bicyclic) bond motifs is 1. The monoisotopic (exact) mass is 403 g/mol. The van der Waals surface area contributed by atoms with Gasteiger partial charge in [-0.1, -0.05) is 47.5 Å². The van der Waals surface area contributed by atoms with Gasteiger partial charge in [0.1, 0.15) is 5.75 Å². The number of halogens is 2. The Morgan fingerprint density at radius 2 is 1.96 bits per heavy atom. The second kappa shape index (κ2) is 7.57. The van der Waals surface area contributed by atoms with Crippen molar-refractivity contribution < 1.29 is 9.53 Å². The molecule has 0 aliphatic carbocycles. The van der Waals surface area contributed by atoms with Crippen LogP contribution in [0.25, 0.3) is 0 Å². The molecule has 0 saturated heterocycles. The van der Waals surface area contributed by atoms with E-state index in [4.69, 9.17) is 27.9 Å². The molecule has 2 atom stereocenters. The molecule has 0 fully saturated rings. The zero-order valence-electron chi connectivity index (χ0n) is 15.7. The molecule has 1 aliphatic rings. The Hall–Kier alpha value is -1.97. The Labute approximate surface area is 170 Å². The van der Waals surface area contributed by atoms with E-state index in [0.29, 0.717) is 27.8 Å². The first-order chi connectivity index (χ1) is 12.8. The molecule has 0 radical (unpaired) electrons. The molecule has 2 aromatic carbocycles. The normalized spacial score (nSPS) is 19.6. The summed E-state index contributed by atoms with van der Waals surface area (Å²) in [5, 5.41) is 4.18. The van der Waals surface area contributed by atoms with Gasteiger partial charge in [-0.25, -0.2) is 0 Å². The van der Waals surface area contributed by atoms with Crippen LogP contribution in [0.1, 0.15) is 54.6 Å². The lowest BCUT2D eigenvalue weighted by molar-refractivity contribution is 0.0920. The van der Waals surface area contributed by atoms with E-state index < -0.39 is 5.54 Å². The molecule has 0 spiro atoms. The molecule has 27 heavy (non-hydrogen) atoms. The number of carbonyl (C=O) groups is 1. The van der Waals surface area contributed by atoms with Gasteiger partial charge < -0.3 is 10.1 Å². The molecule has 0 saturated carbocycles. The highest BCUT2D eigenvalue weighted by Gasteiger charge is 2.46. The van der Waals surface area contributed by atoms with Crippen molar-refractivity contribution in [1.82, 2.24) is 5.32 Å². The number of hydrogen-bond donors (Lipinski definition) is 1. The number of hydrogen-bond acceptors (Lipinski definition) is 2. The van der Waals surface area contributed by atoms with Gasteiger partial charge in [0.25, 0.3) is 5.91 Å². The van der Waals surface area contributed by atoms with Gasteiger partial charge in [-0.05, 0) is 56.5 Å². The average molecular weight is 404 g/mol. The fourth-order valence-corrected chi connectivity index (χ4v) is 4.10. The maximum atomic E-state index is 12.9. The minimum Gasteiger partial charge on any atom is -0.490 e. The van der Waals surface area contributed by atoms with Gasteiger partial charge in [-0.15, -0.1) is 6.58 Å². The molecule has 0 bridgehead atoms. The Kier molecular flexibility index (Phi) is 5.55. The summed E-state index contributed by atoms with van der Waals surface area (Å²) in [5.41, 5.74) is 1.90. The Morgan fingerprint density at radius 1 is 1.22 bits per heavy atom. The molecule has 3 nitrogen and oxygen atoms in total. The molecule has 1 N–H and O–H groups in total. The largest absolute Gasteiger partial charge is 0.490 e. The highest BCUT2D eigenvalue weighted by molar-refractivity contribution is 6.42. The molecular weight excluding hydrogens is 381 g/mol. The molecule has 1 aliphatic heterocycles. The van der Waals surface area contributed by atoms with Gasteiger partial charge in [0, 0.05) is 5.92 Å². The SMILES string of the molecule is C=CCC(c1ccc(Cl)c(Cl)c1)C1(C)NC(=O)c2c(OC(C)C)cccc21. The fourth-order valence-electron chi connectivity index (χ4n) is 3.79. The van der Waals surface area contributed by atoms with Crippen molar-refractivity contribution >= 4 is 29.1 Å². The van der Waals surface area contributed by atoms with Crippen LogP contribution in [0, 0.1) is 0 Å². The molecule has 1 amide bonds. The molecule has 3 rings (SSSR count). The molecule has 2 aromatic rings. The Balaban J connectivity index is 2.13. The predicted molar refractivity (Wildman–Crippen MR) is 111 cm³/mol. The first kappa shape index (κ1) is 19.8. The van der Waals surface area contributed by atoms with Crippen LogP contribution in [0.4, 0.5) is 0 Å². The van der Waals surface area contributed by atoms with Crippen molar-refractivity contribution in [2.75, 3.05) is 0 Å². The van der Waals surface area contributed by atoms with E-state index in [2.05, 4.69) is 11.9 Å². The van der Waals surface area contributed by atoms with Crippen LogP contribution in [0.2, 0.25) is 10.0 Å². The summed E-state index contributed by atoms with van der Waals surface area (Å²) >= 11 is 12.3. The average Bonchev–Trinajstić information content (AvgIpc) is 2.87. The summed E-state index contributed by atoms with van der Waals surface area (Å²) in [5.74, 6) is 0.428. The van der Waals surface area contributed by atoms with Crippen molar-refractivity contribution in [3.8, 4) is 5.75 Å². The second-order valence-electron chi connectivity index (χ2n) is 7.25. The summed E-state index contributed by atoms with van der Waals surface area (Å²) in [6.45, 7) is 9.83. The molecule has 5 heteroatoms. The van der Waals surface area contributed by atoms with Crippen molar-refractivity contribution in [2.45, 2.75) is 44.8 Å². The number of rotatable bonds is 6. The van der Waals surface area contributed by atoms with Gasteiger partial charge in [-0.3, -0.25) is 4.79 Å². The molecular formula is C22H23Cl2NO2. The Bertz CT molecular complexity index is 894. The lowest BCUT2D eigenvalue weighted by Crippen LogP contribution is -2.41. The zero-order chi connectivity index (χ0) is 19.8. The van der Waals surface area contributed by atoms with Crippen molar-refractivity contribution in [3.63, 3.8) is 0 Å². The number of nitrogens with one attached hydrogen (secondary N) is 1. The number of ether oxygens (including phenoxy) is 1. The summed E-state index contributed by atoms with van der Waals surface area (Å²) in [4.78, 5) is 12.9. The maximum absolute atomic E-state index is 12.9. The van der Waals surface area contributed by atoms with Crippen molar-refractivity contribution in [2.24, 2.45) is 0 Å². The minimum absolute atomic E-state index is 0.0183. The first-order valence-electron chi connectivity index (χ1n) is 8.96. The van der Waals surface area contributed by atoms with Gasteiger partial charge in [0.05, 0.1) is 27.3 Å². The van der Waals surface area contributed by atoms with Crippen molar-refractivity contribution in [3.05, 3.63) is 75.8 Å². The number of amides is 1. The van der Waals surface area contributed by atoms with Crippen LogP contribution in [0.3, 0.4) is 0 Å². The van der Waals surface area contributed by atoms with Crippen LogP contribution in [0.5, 0.6) is 5.75 Å². The van der Waals surface area contributed by atoms with E-state index >= 15 is 0 Å². The Morgan fingerprint density at radius 3 is 2.59 bits per heavy atom. The van der Waals surface area contributed by atoms with E-state index in [0.717, 1.165) is 11.1 Å². The van der Waals surface area contributed by atoms with Gasteiger partial charge in [0.2, 0.25) is 0 Å². The topological polar surface area (TPSA) is 38.3 Å². The molecule has 142 valence electrons. The first-order valence-corrected chi connectivity index (χ1v) is 9.72. The van der Waals surface area contributed by atoms with Crippen molar-refractivity contribution in [1.29, 1.82) is 0 Å². The zero-order valence-corrected chi connectivity index (χ0v) is 17.2. The van der Waals surface area contributed by atoms with Crippen LogP contribution < -0.4 is 10.1 Å². The van der Waals surface area contributed by atoms with Crippen LogP contribution in [-0.4, -0.2) is 12.0 Å². The van der Waals surface area contributed by atoms with E-state index in [1.54, 1.807) is 6.07 Å². The van der Waals surface area contributed by atoms with Gasteiger partial charge >= 0.3 is 0 Å². The van der Waals surface area contributed by atoms with Crippen LogP contribution in [-0.2, 0) is 5.54 Å². The maximum Gasteiger partial charge on any atom is 0.256 e. The third-order valence-corrected chi connectivity index (χ3v) is 5.73. The summed E-state index contributed by atoms with van der Waals surface area (Å²) < 4.78 is 5.88. The predicted octanol–water partition coefficient (Wildman–Crippen LogP) is 6.10. The van der Waals surface area contributed by atoms with E-state index in [1.807, 2.05) is 57.2 Å². The summed E-state index contributed by atoms with van der Waals surface area (Å²) in [6.07, 6.45) is 2.51. The summed E-state index contributed by atoms with van der Waals surface area (Å²) in [6, 6.07) is 11.3. The lowest BCUT2D eigenvalue weighted by Gasteiger charge is -2.35.